The Labute approximate surface area is 243 Å². The van der Waals surface area contributed by atoms with E-state index in [4.69, 9.17) is 22.9 Å². The number of nitrogens with two attached hydrogens (primary N) is 4. The summed E-state index contributed by atoms with van der Waals surface area (Å²) in [5.41, 5.74) is 23.8. The zero-order valence-electron chi connectivity index (χ0n) is 23.8. The van der Waals surface area contributed by atoms with Gasteiger partial charge in [-0.2, -0.15) is 0 Å². The van der Waals surface area contributed by atoms with Crippen LogP contribution in [0, 0.1) is 5.92 Å². The maximum absolute atomic E-state index is 13.4. The molecule has 2 aromatic rings. The highest BCUT2D eigenvalue weighted by atomic mass is 16.4. The molecule has 4 amide bonds. The first-order valence-electron chi connectivity index (χ1n) is 13.6. The van der Waals surface area contributed by atoms with Crippen molar-refractivity contribution in [3.8, 4) is 0 Å². The van der Waals surface area contributed by atoms with Crippen LogP contribution in [0.15, 0.2) is 35.5 Å². The molecule has 5 unspecified atom stereocenters. The molecule has 230 valence electrons. The second kappa shape index (κ2) is 16.0. The number of fused-ring (bicyclic) bond motifs is 1. The van der Waals surface area contributed by atoms with Crippen molar-refractivity contribution in [2.75, 3.05) is 6.54 Å². The van der Waals surface area contributed by atoms with E-state index in [1.807, 2.05) is 31.2 Å². The molecule has 0 aliphatic carbocycles. The number of para-hydroxylation sites is 1. The lowest BCUT2D eigenvalue weighted by atomic mass is 9.96. The Kier molecular flexibility index (Phi) is 12.7. The minimum Gasteiger partial charge on any atom is -0.480 e. The van der Waals surface area contributed by atoms with E-state index in [0.29, 0.717) is 6.42 Å². The number of aromatic nitrogens is 1. The minimum absolute atomic E-state index is 0.0263. The Bertz CT molecular complexity index is 1290. The van der Waals surface area contributed by atoms with E-state index < -0.39 is 60.2 Å². The number of rotatable bonds is 17. The number of carbonyl (C=O) groups excluding carboxylic acids is 4. The van der Waals surface area contributed by atoms with Crippen molar-refractivity contribution in [1.82, 2.24) is 20.9 Å². The van der Waals surface area contributed by atoms with Crippen LogP contribution in [0.2, 0.25) is 0 Å². The smallest absolute Gasteiger partial charge is 0.326 e. The van der Waals surface area contributed by atoms with Crippen molar-refractivity contribution >= 4 is 46.5 Å². The molecular weight excluding hydrogens is 546 g/mol. The molecular formula is C27H41N9O6. The lowest BCUT2D eigenvalue weighted by molar-refractivity contribution is -0.143. The predicted octanol–water partition coefficient (Wildman–Crippen LogP) is -1.45. The molecule has 1 heterocycles. The van der Waals surface area contributed by atoms with Crippen LogP contribution in [0.3, 0.4) is 0 Å². The first kappa shape index (κ1) is 33.5. The third-order valence-corrected chi connectivity index (χ3v) is 6.84. The molecule has 2 rings (SSSR count). The van der Waals surface area contributed by atoms with Gasteiger partial charge in [0.15, 0.2) is 5.96 Å². The van der Waals surface area contributed by atoms with Crippen molar-refractivity contribution in [1.29, 1.82) is 0 Å². The summed E-state index contributed by atoms with van der Waals surface area (Å²) in [6.07, 6.45) is 2.15. The fourth-order valence-electron chi connectivity index (χ4n) is 4.30. The van der Waals surface area contributed by atoms with Crippen molar-refractivity contribution in [3.05, 3.63) is 36.0 Å². The van der Waals surface area contributed by atoms with Crippen LogP contribution in [-0.2, 0) is 30.4 Å². The summed E-state index contributed by atoms with van der Waals surface area (Å²) in [4.78, 5) is 69.4. The molecule has 1 aromatic carbocycles. The number of aromatic amines is 1. The summed E-state index contributed by atoms with van der Waals surface area (Å²) in [7, 11) is 0. The highest BCUT2D eigenvalue weighted by molar-refractivity contribution is 5.95. The zero-order valence-corrected chi connectivity index (χ0v) is 23.8. The number of aliphatic carboxylic acids is 1. The second-order valence-corrected chi connectivity index (χ2v) is 10.1. The summed E-state index contributed by atoms with van der Waals surface area (Å²) in [5.74, 6) is -4.98. The number of carboxylic acid groups (broad SMARTS) is 1. The van der Waals surface area contributed by atoms with E-state index in [1.54, 1.807) is 13.1 Å². The molecule has 0 saturated carbocycles. The molecule has 0 bridgehead atoms. The zero-order chi connectivity index (χ0) is 31.4. The molecule has 1 aromatic heterocycles. The molecule has 15 nitrogen and oxygen atoms in total. The lowest BCUT2D eigenvalue weighted by Gasteiger charge is -2.28. The van der Waals surface area contributed by atoms with Crippen LogP contribution in [0.25, 0.3) is 10.9 Å². The fraction of sp³-hybridized carbons (Fsp3) is 0.481. The molecule has 0 aliphatic rings. The van der Waals surface area contributed by atoms with Gasteiger partial charge in [-0.3, -0.25) is 24.2 Å². The Hall–Kier alpha value is -4.66. The Balaban J connectivity index is 2.18. The summed E-state index contributed by atoms with van der Waals surface area (Å²) >= 11 is 0. The van der Waals surface area contributed by atoms with Gasteiger partial charge in [0.05, 0.1) is 12.5 Å². The van der Waals surface area contributed by atoms with Crippen LogP contribution < -0.4 is 38.9 Å². The molecule has 0 radical (unpaired) electrons. The van der Waals surface area contributed by atoms with Gasteiger partial charge in [-0.1, -0.05) is 38.5 Å². The molecule has 0 fully saturated rings. The van der Waals surface area contributed by atoms with E-state index >= 15 is 0 Å². The third-order valence-electron chi connectivity index (χ3n) is 6.84. The van der Waals surface area contributed by atoms with Gasteiger partial charge in [-0.05, 0) is 36.8 Å². The quantitative estimate of drug-likeness (QED) is 0.0594. The highest BCUT2D eigenvalue weighted by Crippen LogP contribution is 2.19. The van der Waals surface area contributed by atoms with Gasteiger partial charge in [0.2, 0.25) is 23.6 Å². The number of benzene rings is 1. The van der Waals surface area contributed by atoms with Gasteiger partial charge in [0, 0.05) is 23.6 Å². The topological polar surface area (TPSA) is 274 Å². The van der Waals surface area contributed by atoms with Crippen LogP contribution in [0.4, 0.5) is 0 Å². The summed E-state index contributed by atoms with van der Waals surface area (Å²) in [6.45, 7) is 3.74. The van der Waals surface area contributed by atoms with Gasteiger partial charge in [-0.25, -0.2) is 4.79 Å². The van der Waals surface area contributed by atoms with Crippen molar-refractivity contribution in [3.63, 3.8) is 0 Å². The van der Waals surface area contributed by atoms with E-state index in [0.717, 1.165) is 16.5 Å². The van der Waals surface area contributed by atoms with Crippen molar-refractivity contribution < 1.29 is 29.1 Å². The molecule has 0 saturated heterocycles. The predicted molar refractivity (Wildman–Crippen MR) is 157 cm³/mol. The standard InChI is InChI=1S/C27H41N9O6/c1-3-14(2)22(36-23(38)17(28)11-15-13-33-18-8-5-4-7-16(15)18)25(40)34-19(9-6-10-32-27(30)31)24(39)35-20(26(41)42)12-21(29)37/h4-5,7-8,13-14,17,19-20,22,33H,3,6,9-12,28H2,1-2H3,(H2,29,37)(H,34,40)(H,35,39)(H,36,38)(H,41,42)(H4,30,31,32). The number of nitrogens with one attached hydrogen (secondary N) is 4. The monoisotopic (exact) mass is 587 g/mol. The average Bonchev–Trinajstić information content (AvgIpc) is 3.34. The number of aliphatic imine (C=N–C) groups is 1. The number of amides is 4. The van der Waals surface area contributed by atoms with E-state index in [2.05, 4.69) is 25.9 Å². The van der Waals surface area contributed by atoms with Crippen LogP contribution in [0.1, 0.15) is 45.1 Å². The molecule has 5 atom stereocenters. The molecule has 42 heavy (non-hydrogen) atoms. The second-order valence-electron chi connectivity index (χ2n) is 10.1. The molecule has 0 spiro atoms. The Morgan fingerprint density at radius 3 is 2.26 bits per heavy atom. The van der Waals surface area contributed by atoms with Gasteiger partial charge in [0.25, 0.3) is 0 Å². The molecule has 15 heteroatoms. The maximum Gasteiger partial charge on any atom is 0.326 e. The summed E-state index contributed by atoms with van der Waals surface area (Å²) in [5, 5.41) is 17.9. The van der Waals surface area contributed by atoms with Gasteiger partial charge in [-0.15, -0.1) is 0 Å². The maximum atomic E-state index is 13.4. The normalized spacial score (nSPS) is 14.5. The van der Waals surface area contributed by atoms with Crippen LogP contribution in [0.5, 0.6) is 0 Å². The van der Waals surface area contributed by atoms with E-state index in [-0.39, 0.29) is 37.7 Å². The van der Waals surface area contributed by atoms with E-state index in [1.165, 1.54) is 0 Å². The number of carboxylic acids is 1. The third kappa shape index (κ3) is 10.1. The number of hydrogen-bond donors (Lipinski definition) is 9. The van der Waals surface area contributed by atoms with E-state index in [9.17, 15) is 29.1 Å². The number of primary amides is 1. The largest absolute Gasteiger partial charge is 0.480 e. The number of hydrogen-bond acceptors (Lipinski definition) is 7. The molecule has 0 aliphatic heterocycles. The number of nitrogens with zero attached hydrogens (tertiary/aromatic N) is 1. The van der Waals surface area contributed by atoms with Gasteiger partial charge < -0.3 is 49.0 Å². The minimum atomic E-state index is -1.60. The first-order valence-corrected chi connectivity index (χ1v) is 13.6. The van der Waals surface area contributed by atoms with Gasteiger partial charge >= 0.3 is 5.97 Å². The highest BCUT2D eigenvalue weighted by Gasteiger charge is 2.32. The SMILES string of the molecule is CCC(C)C(NC(=O)C(N)Cc1c[nH]c2ccccc12)C(=O)NC(CCCN=C(N)N)C(=O)NC(CC(N)=O)C(=O)O. The Morgan fingerprint density at radius 2 is 1.64 bits per heavy atom. The van der Waals surface area contributed by atoms with Crippen LogP contribution in [-0.4, -0.2) is 76.4 Å². The first-order chi connectivity index (χ1) is 19.8. The summed E-state index contributed by atoms with van der Waals surface area (Å²) in [6, 6.07) is 2.74. The van der Waals surface area contributed by atoms with Crippen LogP contribution >= 0.6 is 0 Å². The van der Waals surface area contributed by atoms with Crippen molar-refractivity contribution in [2.24, 2.45) is 33.8 Å². The number of H-pyrrole nitrogens is 1. The van der Waals surface area contributed by atoms with Crippen molar-refractivity contribution in [2.45, 2.75) is 70.1 Å². The molecule has 13 N–H and O–H groups in total. The van der Waals surface area contributed by atoms with Gasteiger partial charge in [0.1, 0.15) is 18.1 Å². The average molecular weight is 588 g/mol. The number of guanidine groups is 1. The Morgan fingerprint density at radius 1 is 0.976 bits per heavy atom. The number of carbonyl (C=O) groups is 5. The summed E-state index contributed by atoms with van der Waals surface area (Å²) < 4.78 is 0. The fourth-order valence-corrected chi connectivity index (χ4v) is 4.30. The lowest BCUT2D eigenvalue weighted by Crippen LogP contribution is -2.59.